The maximum Gasteiger partial charge on any atom is 0.226 e. The van der Waals surface area contributed by atoms with Crippen molar-refractivity contribution in [2.75, 3.05) is 13.2 Å². The highest BCUT2D eigenvalue weighted by Crippen LogP contribution is 2.22. The number of ether oxygens (including phenoxy) is 1. The molecule has 0 N–H and O–H groups in total. The Morgan fingerprint density at radius 2 is 2.39 bits per heavy atom. The van der Waals surface area contributed by atoms with Gasteiger partial charge in [0.15, 0.2) is 5.82 Å². The molecule has 1 atom stereocenters. The van der Waals surface area contributed by atoms with Gasteiger partial charge in [0, 0.05) is 32.2 Å². The summed E-state index contributed by atoms with van der Waals surface area (Å²) in [6.45, 7) is 1.51. The van der Waals surface area contributed by atoms with E-state index in [0.29, 0.717) is 18.4 Å². The zero-order valence-electron chi connectivity index (χ0n) is 10.4. The van der Waals surface area contributed by atoms with Gasteiger partial charge in [-0.15, -0.1) is 0 Å². The van der Waals surface area contributed by atoms with Gasteiger partial charge in [0.1, 0.15) is 0 Å². The van der Waals surface area contributed by atoms with Crippen molar-refractivity contribution >= 4 is 0 Å². The van der Waals surface area contributed by atoms with E-state index >= 15 is 0 Å². The largest absolute Gasteiger partial charge is 0.381 e. The second-order valence-corrected chi connectivity index (χ2v) is 4.63. The molecule has 0 unspecified atom stereocenters. The van der Waals surface area contributed by atoms with Crippen LogP contribution in [0.3, 0.4) is 0 Å². The summed E-state index contributed by atoms with van der Waals surface area (Å²) < 4.78 is 12.4. The molecule has 2 aromatic heterocycles. The van der Waals surface area contributed by atoms with Gasteiger partial charge in [0.05, 0.1) is 12.8 Å². The molecule has 3 rings (SSSR count). The third kappa shape index (κ3) is 2.43. The molecule has 0 bridgehead atoms. The first-order valence-electron chi connectivity index (χ1n) is 6.19. The van der Waals surface area contributed by atoms with E-state index in [1.807, 2.05) is 19.4 Å². The van der Waals surface area contributed by atoms with Crippen LogP contribution in [-0.2, 0) is 24.6 Å². The van der Waals surface area contributed by atoms with E-state index in [9.17, 15) is 0 Å². The zero-order chi connectivity index (χ0) is 12.4. The van der Waals surface area contributed by atoms with Crippen LogP contribution < -0.4 is 0 Å². The number of hydrogen-bond acceptors (Lipinski definition) is 5. The van der Waals surface area contributed by atoms with Gasteiger partial charge in [-0.25, -0.2) is 0 Å². The maximum atomic E-state index is 5.32. The predicted octanol–water partition coefficient (Wildman–Crippen LogP) is 1.09. The zero-order valence-corrected chi connectivity index (χ0v) is 10.4. The summed E-state index contributed by atoms with van der Waals surface area (Å²) in [7, 11) is 1.91. The van der Waals surface area contributed by atoms with Crippen LogP contribution in [0.25, 0.3) is 0 Å². The molecule has 1 fully saturated rings. The molecule has 0 saturated carbocycles. The fourth-order valence-corrected chi connectivity index (χ4v) is 2.13. The van der Waals surface area contributed by atoms with Gasteiger partial charge in [-0.05, 0) is 18.4 Å². The summed E-state index contributed by atoms with van der Waals surface area (Å²) in [6, 6.07) is 0. The highest BCUT2D eigenvalue weighted by atomic mass is 16.5. The first kappa shape index (κ1) is 11.4. The van der Waals surface area contributed by atoms with E-state index in [1.165, 1.54) is 5.56 Å². The van der Waals surface area contributed by atoms with Crippen LogP contribution in [0.4, 0.5) is 0 Å². The quantitative estimate of drug-likeness (QED) is 0.810. The van der Waals surface area contributed by atoms with Gasteiger partial charge in [-0.3, -0.25) is 4.68 Å². The Labute approximate surface area is 105 Å². The summed E-state index contributed by atoms with van der Waals surface area (Å²) in [5.41, 5.74) is 1.18. The van der Waals surface area contributed by atoms with Gasteiger partial charge in [0.25, 0.3) is 0 Å². The molecular weight excluding hydrogens is 232 g/mol. The normalized spacial score (nSPS) is 19.5. The molecule has 96 valence electrons. The van der Waals surface area contributed by atoms with Crippen molar-refractivity contribution < 1.29 is 9.26 Å². The van der Waals surface area contributed by atoms with Crippen LogP contribution in [0.5, 0.6) is 0 Å². The molecule has 1 aliphatic heterocycles. The highest BCUT2D eigenvalue weighted by molar-refractivity contribution is 5.06. The van der Waals surface area contributed by atoms with Crippen LogP contribution in [0.1, 0.15) is 29.6 Å². The standard InChI is InChI=1S/C12H16N4O2/c1-16-7-9(6-13-16)2-3-11-14-12(15-18-11)10-4-5-17-8-10/h6-7,10H,2-5,8H2,1H3/t10-/m1/s1. The lowest BCUT2D eigenvalue weighted by molar-refractivity contribution is 0.192. The second-order valence-electron chi connectivity index (χ2n) is 4.63. The molecule has 18 heavy (non-hydrogen) atoms. The fraction of sp³-hybridized carbons (Fsp3) is 0.583. The van der Waals surface area contributed by atoms with Gasteiger partial charge in [0.2, 0.25) is 5.89 Å². The second kappa shape index (κ2) is 4.89. The smallest absolute Gasteiger partial charge is 0.226 e. The van der Waals surface area contributed by atoms with E-state index in [0.717, 1.165) is 31.7 Å². The van der Waals surface area contributed by atoms with Crippen molar-refractivity contribution in [2.45, 2.75) is 25.2 Å². The number of aryl methyl sites for hydroxylation is 3. The van der Waals surface area contributed by atoms with Crippen molar-refractivity contribution in [3.05, 3.63) is 29.7 Å². The summed E-state index contributed by atoms with van der Waals surface area (Å²) >= 11 is 0. The Bertz CT molecular complexity index is 514. The topological polar surface area (TPSA) is 66.0 Å². The summed E-state index contributed by atoms with van der Waals surface area (Å²) in [6.07, 6.45) is 6.48. The van der Waals surface area contributed by atoms with Crippen molar-refractivity contribution in [1.29, 1.82) is 0 Å². The van der Waals surface area contributed by atoms with Crippen molar-refractivity contribution in [2.24, 2.45) is 7.05 Å². The van der Waals surface area contributed by atoms with Crippen molar-refractivity contribution in [3.8, 4) is 0 Å². The van der Waals surface area contributed by atoms with Crippen LogP contribution in [0.15, 0.2) is 16.9 Å². The van der Waals surface area contributed by atoms with E-state index in [4.69, 9.17) is 9.26 Å². The minimum Gasteiger partial charge on any atom is -0.381 e. The minimum absolute atomic E-state index is 0.306. The molecule has 2 aromatic rings. The molecule has 1 aliphatic rings. The third-order valence-electron chi connectivity index (χ3n) is 3.16. The number of nitrogens with zero attached hydrogens (tertiary/aromatic N) is 4. The van der Waals surface area contributed by atoms with E-state index in [1.54, 1.807) is 4.68 Å². The number of aromatic nitrogens is 4. The van der Waals surface area contributed by atoms with Gasteiger partial charge >= 0.3 is 0 Å². The van der Waals surface area contributed by atoms with Crippen LogP contribution in [0.2, 0.25) is 0 Å². The van der Waals surface area contributed by atoms with Gasteiger partial charge in [-0.1, -0.05) is 5.16 Å². The summed E-state index contributed by atoms with van der Waals surface area (Å²) in [5.74, 6) is 1.79. The predicted molar refractivity (Wildman–Crippen MR) is 63.1 cm³/mol. The first-order chi connectivity index (χ1) is 8.81. The van der Waals surface area contributed by atoms with E-state index in [2.05, 4.69) is 15.2 Å². The minimum atomic E-state index is 0.306. The molecule has 0 amide bonds. The Morgan fingerprint density at radius 1 is 1.44 bits per heavy atom. The van der Waals surface area contributed by atoms with Gasteiger partial charge in [-0.2, -0.15) is 10.1 Å². The molecule has 0 radical (unpaired) electrons. The molecule has 1 saturated heterocycles. The van der Waals surface area contributed by atoms with Crippen LogP contribution in [0, 0.1) is 0 Å². The van der Waals surface area contributed by atoms with Crippen LogP contribution >= 0.6 is 0 Å². The highest BCUT2D eigenvalue weighted by Gasteiger charge is 2.22. The summed E-state index contributed by atoms with van der Waals surface area (Å²) in [4.78, 5) is 4.43. The average molecular weight is 248 g/mol. The molecule has 0 aliphatic carbocycles. The average Bonchev–Trinajstić information content (AvgIpc) is 3.07. The molecule has 6 heteroatoms. The van der Waals surface area contributed by atoms with Crippen LogP contribution in [-0.4, -0.2) is 33.1 Å². The molecule has 6 nitrogen and oxygen atoms in total. The summed E-state index contributed by atoms with van der Waals surface area (Å²) in [5, 5.41) is 8.16. The molecule has 0 aromatic carbocycles. The van der Waals surface area contributed by atoms with Crippen molar-refractivity contribution in [3.63, 3.8) is 0 Å². The molecular formula is C12H16N4O2. The Morgan fingerprint density at radius 3 is 3.11 bits per heavy atom. The van der Waals surface area contributed by atoms with Gasteiger partial charge < -0.3 is 9.26 Å². The lowest BCUT2D eigenvalue weighted by atomic mass is 10.1. The fourth-order valence-electron chi connectivity index (χ4n) is 2.13. The lowest BCUT2D eigenvalue weighted by Gasteiger charge is -1.97. The third-order valence-corrected chi connectivity index (χ3v) is 3.16. The molecule has 0 spiro atoms. The maximum absolute atomic E-state index is 5.32. The van der Waals surface area contributed by atoms with Crippen molar-refractivity contribution in [1.82, 2.24) is 19.9 Å². The monoisotopic (exact) mass is 248 g/mol. The number of rotatable bonds is 4. The molecule has 3 heterocycles. The number of hydrogen-bond donors (Lipinski definition) is 0. The Balaban J connectivity index is 1.59. The first-order valence-corrected chi connectivity index (χ1v) is 6.19. The van der Waals surface area contributed by atoms with E-state index in [-0.39, 0.29) is 0 Å². The van der Waals surface area contributed by atoms with E-state index < -0.39 is 0 Å². The Hall–Kier alpha value is -1.69. The lowest BCUT2D eigenvalue weighted by Crippen LogP contribution is -2.00. The SMILES string of the molecule is Cn1cc(CCc2nc([C@@H]3CCOC3)no2)cn1. The Kier molecular flexibility index (Phi) is 3.10.